The van der Waals surface area contributed by atoms with E-state index in [1.54, 1.807) is 17.0 Å². The summed E-state index contributed by atoms with van der Waals surface area (Å²) in [6.45, 7) is 1.81. The number of rotatable bonds is 4. The summed E-state index contributed by atoms with van der Waals surface area (Å²) in [6, 6.07) is 5.86. The van der Waals surface area contributed by atoms with E-state index in [2.05, 4.69) is 5.32 Å². The van der Waals surface area contributed by atoms with Crippen molar-refractivity contribution in [3.8, 4) is 5.75 Å². The lowest BCUT2D eigenvalue weighted by atomic mass is 10.2. The van der Waals surface area contributed by atoms with E-state index in [1.165, 1.54) is 13.2 Å². The predicted octanol–water partition coefficient (Wildman–Crippen LogP) is 0.390. The van der Waals surface area contributed by atoms with Crippen LogP contribution in [-0.2, 0) is 9.53 Å². The van der Waals surface area contributed by atoms with E-state index in [0.717, 1.165) is 6.07 Å². The molecular formula is C17H18N2O6. The van der Waals surface area contributed by atoms with Crippen LogP contribution in [0.3, 0.4) is 0 Å². The Morgan fingerprint density at radius 1 is 1.24 bits per heavy atom. The van der Waals surface area contributed by atoms with Gasteiger partial charge in [-0.05, 0) is 12.1 Å². The van der Waals surface area contributed by atoms with Crippen LogP contribution in [0.1, 0.15) is 10.6 Å². The first kappa shape index (κ1) is 17.0. The zero-order valence-electron chi connectivity index (χ0n) is 13.7. The third-order valence-corrected chi connectivity index (χ3v) is 3.92. The molecule has 0 spiro atoms. The third-order valence-electron chi connectivity index (χ3n) is 3.92. The van der Waals surface area contributed by atoms with Crippen molar-refractivity contribution in [3.63, 3.8) is 0 Å². The van der Waals surface area contributed by atoms with E-state index >= 15 is 0 Å². The first-order valence-electron chi connectivity index (χ1n) is 7.84. The Morgan fingerprint density at radius 2 is 2.00 bits per heavy atom. The van der Waals surface area contributed by atoms with E-state index in [0.29, 0.717) is 37.4 Å². The van der Waals surface area contributed by atoms with Crippen molar-refractivity contribution in [2.24, 2.45) is 0 Å². The van der Waals surface area contributed by atoms with Crippen LogP contribution in [0.25, 0.3) is 11.0 Å². The van der Waals surface area contributed by atoms with Crippen molar-refractivity contribution in [2.45, 2.75) is 0 Å². The maximum Gasteiger partial charge on any atom is 0.287 e. The van der Waals surface area contributed by atoms with E-state index < -0.39 is 5.91 Å². The summed E-state index contributed by atoms with van der Waals surface area (Å²) in [5, 5.41) is 2.83. The Bertz CT molecular complexity index is 854. The number of hydrogen-bond donors (Lipinski definition) is 1. The first-order valence-corrected chi connectivity index (χ1v) is 7.84. The number of benzene rings is 1. The predicted molar refractivity (Wildman–Crippen MR) is 88.8 cm³/mol. The van der Waals surface area contributed by atoms with Crippen LogP contribution < -0.4 is 15.5 Å². The Balaban J connectivity index is 1.73. The summed E-state index contributed by atoms with van der Waals surface area (Å²) < 4.78 is 15.7. The van der Waals surface area contributed by atoms with Crippen LogP contribution in [-0.4, -0.2) is 56.7 Å². The number of ether oxygens (including phenoxy) is 2. The molecule has 0 aliphatic carbocycles. The van der Waals surface area contributed by atoms with Crippen LogP contribution in [0, 0.1) is 0 Å². The van der Waals surface area contributed by atoms with Crippen LogP contribution in [0.2, 0.25) is 0 Å². The molecule has 2 aromatic rings. The summed E-state index contributed by atoms with van der Waals surface area (Å²) in [4.78, 5) is 38.0. The Labute approximate surface area is 143 Å². The molecule has 0 radical (unpaired) electrons. The van der Waals surface area contributed by atoms with Gasteiger partial charge in [-0.3, -0.25) is 14.4 Å². The van der Waals surface area contributed by atoms with Crippen LogP contribution in [0.15, 0.2) is 33.5 Å². The van der Waals surface area contributed by atoms with Gasteiger partial charge in [0.2, 0.25) is 5.91 Å². The number of amides is 2. The molecule has 8 nitrogen and oxygen atoms in total. The Kier molecular flexibility index (Phi) is 4.99. The van der Waals surface area contributed by atoms with Crippen molar-refractivity contribution in [2.75, 3.05) is 40.0 Å². The molecule has 1 aliphatic rings. The topological polar surface area (TPSA) is 98.1 Å². The van der Waals surface area contributed by atoms with Gasteiger partial charge in [-0.2, -0.15) is 0 Å². The molecule has 1 N–H and O–H groups in total. The van der Waals surface area contributed by atoms with Crippen LogP contribution >= 0.6 is 0 Å². The molecule has 0 bridgehead atoms. The fourth-order valence-electron chi connectivity index (χ4n) is 2.54. The molecule has 0 saturated carbocycles. The smallest absolute Gasteiger partial charge is 0.287 e. The number of nitrogens with one attached hydrogen (secondary N) is 1. The average molecular weight is 346 g/mol. The minimum absolute atomic E-state index is 0.152. The molecular weight excluding hydrogens is 328 g/mol. The molecule has 8 heteroatoms. The second-order valence-electron chi connectivity index (χ2n) is 5.51. The molecule has 2 heterocycles. The molecule has 0 atom stereocenters. The van der Waals surface area contributed by atoms with Crippen molar-refractivity contribution in [3.05, 3.63) is 40.2 Å². The van der Waals surface area contributed by atoms with Gasteiger partial charge in [-0.25, -0.2) is 0 Å². The fourth-order valence-corrected chi connectivity index (χ4v) is 2.54. The van der Waals surface area contributed by atoms with Crippen LogP contribution in [0.5, 0.6) is 5.75 Å². The van der Waals surface area contributed by atoms with Gasteiger partial charge in [0.15, 0.2) is 11.2 Å². The van der Waals surface area contributed by atoms with Gasteiger partial charge in [-0.15, -0.1) is 0 Å². The Morgan fingerprint density at radius 3 is 2.72 bits per heavy atom. The second-order valence-corrected chi connectivity index (χ2v) is 5.51. The number of carbonyl (C=O) groups excluding carboxylic acids is 2. The standard InChI is InChI=1S/C17H18N2O6/c1-23-11-2-3-12-13(20)9-15(25-14(12)8-11)17(22)18-10-16(21)19-4-6-24-7-5-19/h2-3,8-9H,4-7,10H2,1H3,(H,18,22). The normalized spacial score (nSPS) is 14.4. The number of fused-ring (bicyclic) bond motifs is 1. The van der Waals surface area contributed by atoms with Crippen molar-refractivity contribution in [1.29, 1.82) is 0 Å². The first-order chi connectivity index (χ1) is 12.1. The third kappa shape index (κ3) is 3.80. The molecule has 25 heavy (non-hydrogen) atoms. The van der Waals surface area contributed by atoms with Gasteiger partial charge < -0.3 is 24.1 Å². The van der Waals surface area contributed by atoms with E-state index in [4.69, 9.17) is 13.9 Å². The maximum atomic E-state index is 12.2. The highest BCUT2D eigenvalue weighted by Gasteiger charge is 2.19. The molecule has 1 aromatic heterocycles. The van der Waals surface area contributed by atoms with Gasteiger partial charge in [0, 0.05) is 25.2 Å². The molecule has 3 rings (SSSR count). The van der Waals surface area contributed by atoms with Crippen molar-refractivity contribution >= 4 is 22.8 Å². The van der Waals surface area contributed by atoms with Gasteiger partial charge in [0.05, 0.1) is 32.3 Å². The lowest BCUT2D eigenvalue weighted by Gasteiger charge is -2.26. The largest absolute Gasteiger partial charge is 0.497 e. The number of hydrogen-bond acceptors (Lipinski definition) is 6. The molecule has 1 aliphatic heterocycles. The average Bonchev–Trinajstić information content (AvgIpc) is 2.65. The minimum Gasteiger partial charge on any atom is -0.497 e. The van der Waals surface area contributed by atoms with E-state index in [-0.39, 0.29) is 29.2 Å². The highest BCUT2D eigenvalue weighted by molar-refractivity contribution is 5.95. The lowest BCUT2D eigenvalue weighted by molar-refractivity contribution is -0.134. The number of methoxy groups -OCH3 is 1. The summed E-state index contributed by atoms with van der Waals surface area (Å²) >= 11 is 0. The SMILES string of the molecule is COc1ccc2c(=O)cc(C(=O)NCC(=O)N3CCOCC3)oc2c1. The maximum absolute atomic E-state index is 12.2. The van der Waals surface area contributed by atoms with Gasteiger partial charge >= 0.3 is 0 Å². The molecule has 132 valence electrons. The number of carbonyl (C=O) groups is 2. The lowest BCUT2D eigenvalue weighted by Crippen LogP contribution is -2.45. The summed E-state index contributed by atoms with van der Waals surface area (Å²) in [5.41, 5.74) is -0.0925. The second kappa shape index (κ2) is 7.35. The quantitative estimate of drug-likeness (QED) is 0.860. The summed E-state index contributed by atoms with van der Waals surface area (Å²) in [7, 11) is 1.49. The minimum atomic E-state index is -0.622. The molecule has 1 aromatic carbocycles. The zero-order chi connectivity index (χ0) is 17.8. The molecule has 0 unspecified atom stereocenters. The number of morpholine rings is 1. The summed E-state index contributed by atoms with van der Waals surface area (Å²) in [5.74, 6) is -0.471. The highest BCUT2D eigenvalue weighted by Crippen LogP contribution is 2.19. The molecule has 1 fully saturated rings. The fraction of sp³-hybridized carbons (Fsp3) is 0.353. The monoisotopic (exact) mass is 346 g/mol. The highest BCUT2D eigenvalue weighted by atomic mass is 16.5. The molecule has 1 saturated heterocycles. The van der Waals surface area contributed by atoms with Crippen molar-refractivity contribution in [1.82, 2.24) is 10.2 Å². The van der Waals surface area contributed by atoms with Gasteiger partial charge in [-0.1, -0.05) is 0 Å². The van der Waals surface area contributed by atoms with Gasteiger partial charge in [0.1, 0.15) is 11.3 Å². The number of nitrogens with zero attached hydrogens (tertiary/aromatic N) is 1. The molecule has 2 amide bonds. The van der Waals surface area contributed by atoms with E-state index in [9.17, 15) is 14.4 Å². The van der Waals surface area contributed by atoms with Gasteiger partial charge in [0.25, 0.3) is 5.91 Å². The summed E-state index contributed by atoms with van der Waals surface area (Å²) in [6.07, 6.45) is 0. The van der Waals surface area contributed by atoms with Crippen molar-refractivity contribution < 1.29 is 23.5 Å². The Hall–Kier alpha value is -2.87. The zero-order valence-corrected chi connectivity index (χ0v) is 13.7. The van der Waals surface area contributed by atoms with E-state index in [1.807, 2.05) is 0 Å². The van der Waals surface area contributed by atoms with Crippen LogP contribution in [0.4, 0.5) is 0 Å².